The Morgan fingerprint density at radius 3 is 1.93 bits per heavy atom. The van der Waals surface area contributed by atoms with Crippen molar-refractivity contribution >= 4 is 5.97 Å². The molecule has 0 aliphatic carbocycles. The summed E-state index contributed by atoms with van der Waals surface area (Å²) < 4.78 is 4.27. The maximum absolute atomic E-state index is 10.2. The van der Waals surface area contributed by atoms with E-state index >= 15 is 0 Å². The molecule has 14 heavy (non-hydrogen) atoms. The van der Waals surface area contributed by atoms with Gasteiger partial charge < -0.3 is 4.74 Å². The maximum atomic E-state index is 10.2. The van der Waals surface area contributed by atoms with Gasteiger partial charge in [0, 0.05) is 5.57 Å². The number of rotatable bonds is 1. The Kier molecular flexibility index (Phi) is 6.12. The third kappa shape index (κ3) is 6.00. The Bertz CT molecular complexity index is 288. The lowest BCUT2D eigenvalue weighted by molar-refractivity contribution is -0.136. The smallest absolute Gasteiger partial charge is 0.332 e. The summed E-state index contributed by atoms with van der Waals surface area (Å²) in [6.45, 7) is 7.04. The van der Waals surface area contributed by atoms with Gasteiger partial charge in [-0.2, -0.15) is 0 Å². The molecule has 0 aromatic heterocycles. The van der Waals surface area contributed by atoms with Crippen LogP contribution in [-0.2, 0) is 9.53 Å². The molecule has 0 aliphatic heterocycles. The number of ether oxygens (including phenoxy) is 1. The molecule has 0 radical (unpaired) electrons. The second-order valence-corrected chi connectivity index (χ2v) is 2.93. The third-order valence-electron chi connectivity index (χ3n) is 1.47. The van der Waals surface area contributed by atoms with Gasteiger partial charge in [-0.15, -0.1) is 0 Å². The first kappa shape index (κ1) is 12.4. The molecule has 0 saturated carbocycles. The monoisotopic (exact) mass is 192 g/mol. The molecule has 0 amide bonds. The molecule has 0 saturated heterocycles. The predicted molar refractivity (Wildman–Crippen MR) is 58.0 cm³/mol. The Hall–Kier alpha value is -1.57. The van der Waals surface area contributed by atoms with E-state index < -0.39 is 0 Å². The van der Waals surface area contributed by atoms with E-state index in [1.165, 1.54) is 12.7 Å². The summed E-state index contributed by atoms with van der Waals surface area (Å²) in [6, 6.07) is 10.3. The van der Waals surface area contributed by atoms with Crippen LogP contribution in [0.25, 0.3) is 0 Å². The predicted octanol–water partition coefficient (Wildman–Crippen LogP) is 2.73. The highest BCUT2D eigenvalue weighted by Crippen LogP contribution is 1.92. The summed E-state index contributed by atoms with van der Waals surface area (Å²) in [7, 11) is 1.33. The third-order valence-corrected chi connectivity index (χ3v) is 1.47. The number of methoxy groups -OCH3 is 1. The fourth-order valence-electron chi connectivity index (χ4n) is 0.709. The lowest BCUT2D eigenvalue weighted by Crippen LogP contribution is -1.98. The molecule has 0 fully saturated rings. The van der Waals surface area contributed by atoms with Crippen LogP contribution in [0, 0.1) is 6.92 Å². The molecule has 0 N–H and O–H groups in total. The van der Waals surface area contributed by atoms with E-state index in [9.17, 15) is 4.79 Å². The van der Waals surface area contributed by atoms with E-state index in [1.807, 2.05) is 18.2 Å². The first-order valence-electron chi connectivity index (χ1n) is 4.33. The first-order chi connectivity index (χ1) is 6.57. The van der Waals surface area contributed by atoms with Gasteiger partial charge in [-0.25, -0.2) is 4.79 Å². The highest BCUT2D eigenvalue weighted by molar-refractivity contribution is 5.86. The van der Waals surface area contributed by atoms with E-state index in [-0.39, 0.29) is 5.97 Å². The minimum atomic E-state index is -0.347. The molecule has 0 heterocycles. The van der Waals surface area contributed by atoms with Crippen molar-refractivity contribution in [2.45, 2.75) is 13.8 Å². The van der Waals surface area contributed by atoms with Gasteiger partial charge in [0.2, 0.25) is 0 Å². The average molecular weight is 192 g/mol. The van der Waals surface area contributed by atoms with E-state index in [0.717, 1.165) is 0 Å². The highest BCUT2D eigenvalue weighted by Gasteiger charge is 1.95. The zero-order valence-electron chi connectivity index (χ0n) is 8.91. The van der Waals surface area contributed by atoms with Crippen molar-refractivity contribution in [2.75, 3.05) is 7.11 Å². The van der Waals surface area contributed by atoms with Gasteiger partial charge in [0.25, 0.3) is 0 Å². The average Bonchev–Trinajstić information content (AvgIpc) is 2.18. The summed E-state index contributed by atoms with van der Waals surface area (Å²) >= 11 is 0. The number of carbonyl (C=O) groups excluding carboxylic acids is 1. The minimum Gasteiger partial charge on any atom is -0.466 e. The highest BCUT2D eigenvalue weighted by atomic mass is 16.5. The number of aryl methyl sites for hydroxylation is 1. The van der Waals surface area contributed by atoms with E-state index in [4.69, 9.17) is 0 Å². The van der Waals surface area contributed by atoms with Gasteiger partial charge in [-0.1, -0.05) is 42.5 Å². The lowest BCUT2D eigenvalue weighted by atomic mass is 10.2. The molecule has 0 unspecified atom stereocenters. The normalized spacial score (nSPS) is 8.21. The molecule has 2 heteroatoms. The van der Waals surface area contributed by atoms with Gasteiger partial charge >= 0.3 is 5.97 Å². The summed E-state index contributed by atoms with van der Waals surface area (Å²) in [5.74, 6) is -0.347. The molecular formula is C12H16O2. The van der Waals surface area contributed by atoms with Crippen LogP contribution < -0.4 is 0 Å². The van der Waals surface area contributed by atoms with Crippen molar-refractivity contribution in [3.05, 3.63) is 48.0 Å². The van der Waals surface area contributed by atoms with Crippen molar-refractivity contribution in [1.82, 2.24) is 0 Å². The zero-order valence-corrected chi connectivity index (χ0v) is 8.91. The van der Waals surface area contributed by atoms with Gasteiger partial charge in [-0.3, -0.25) is 0 Å². The van der Waals surface area contributed by atoms with Crippen LogP contribution >= 0.6 is 0 Å². The van der Waals surface area contributed by atoms with Gasteiger partial charge in [0.05, 0.1) is 7.11 Å². The van der Waals surface area contributed by atoms with Crippen molar-refractivity contribution < 1.29 is 9.53 Å². The van der Waals surface area contributed by atoms with Crippen molar-refractivity contribution in [3.63, 3.8) is 0 Å². The van der Waals surface area contributed by atoms with Crippen LogP contribution in [0.3, 0.4) is 0 Å². The molecule has 1 rings (SSSR count). The van der Waals surface area contributed by atoms with Crippen molar-refractivity contribution in [3.8, 4) is 0 Å². The summed E-state index contributed by atoms with van der Waals surface area (Å²) in [6.07, 6.45) is 0. The van der Waals surface area contributed by atoms with Crippen LogP contribution in [0.1, 0.15) is 12.5 Å². The molecule has 0 bridgehead atoms. The van der Waals surface area contributed by atoms with Crippen LogP contribution in [0.5, 0.6) is 0 Å². The van der Waals surface area contributed by atoms with Crippen LogP contribution in [0.4, 0.5) is 0 Å². The first-order valence-corrected chi connectivity index (χ1v) is 4.33. The second kappa shape index (κ2) is 6.89. The number of carbonyl (C=O) groups is 1. The van der Waals surface area contributed by atoms with Crippen LogP contribution in [-0.4, -0.2) is 13.1 Å². The fourth-order valence-corrected chi connectivity index (χ4v) is 0.709. The van der Waals surface area contributed by atoms with Gasteiger partial charge in [0.1, 0.15) is 0 Å². The molecule has 0 aliphatic rings. The number of hydrogen-bond donors (Lipinski definition) is 0. The molecule has 76 valence electrons. The number of benzene rings is 1. The van der Waals surface area contributed by atoms with Gasteiger partial charge in [0.15, 0.2) is 0 Å². The number of esters is 1. The quantitative estimate of drug-likeness (QED) is 0.505. The van der Waals surface area contributed by atoms with Crippen molar-refractivity contribution in [1.29, 1.82) is 0 Å². The summed E-state index contributed by atoms with van der Waals surface area (Å²) in [5.41, 5.74) is 1.75. The SMILES string of the molecule is C=C(C)C(=O)OC.Cc1ccccc1. The maximum Gasteiger partial charge on any atom is 0.332 e. The number of hydrogen-bond acceptors (Lipinski definition) is 2. The lowest BCUT2D eigenvalue weighted by Gasteiger charge is -1.91. The Labute approximate surface area is 85.2 Å². The van der Waals surface area contributed by atoms with E-state index in [2.05, 4.69) is 30.4 Å². The Morgan fingerprint density at radius 2 is 1.79 bits per heavy atom. The van der Waals surface area contributed by atoms with Crippen LogP contribution in [0.15, 0.2) is 42.5 Å². The Morgan fingerprint density at radius 1 is 1.29 bits per heavy atom. The second-order valence-electron chi connectivity index (χ2n) is 2.93. The molecule has 0 spiro atoms. The van der Waals surface area contributed by atoms with Gasteiger partial charge in [-0.05, 0) is 13.8 Å². The molecular weight excluding hydrogens is 176 g/mol. The largest absolute Gasteiger partial charge is 0.466 e. The zero-order chi connectivity index (χ0) is 11.0. The fraction of sp³-hybridized carbons (Fsp3) is 0.250. The van der Waals surface area contributed by atoms with E-state index in [1.54, 1.807) is 6.92 Å². The molecule has 1 aromatic rings. The van der Waals surface area contributed by atoms with Crippen LogP contribution in [0.2, 0.25) is 0 Å². The molecule has 1 aromatic carbocycles. The minimum absolute atomic E-state index is 0.347. The summed E-state index contributed by atoms with van der Waals surface area (Å²) in [5, 5.41) is 0. The van der Waals surface area contributed by atoms with Crippen molar-refractivity contribution in [2.24, 2.45) is 0 Å². The Balaban J connectivity index is 0.000000241. The standard InChI is InChI=1S/C7H8.C5H8O2/c1-7-5-3-2-4-6-7;1-4(2)5(6)7-3/h2-6H,1H3;1H2,2-3H3. The topological polar surface area (TPSA) is 26.3 Å². The molecule has 0 atom stereocenters. The molecule has 2 nitrogen and oxygen atoms in total. The van der Waals surface area contributed by atoms with E-state index in [0.29, 0.717) is 5.57 Å². The summed E-state index contributed by atoms with van der Waals surface area (Å²) in [4.78, 5) is 10.2.